The molecule has 1 heterocycles. The van der Waals surface area contributed by atoms with Crippen LogP contribution in [0.4, 0.5) is 24.5 Å². The van der Waals surface area contributed by atoms with Gasteiger partial charge in [-0.25, -0.2) is 0 Å². The summed E-state index contributed by atoms with van der Waals surface area (Å²) in [5.41, 5.74) is 2.46. The van der Waals surface area contributed by atoms with Gasteiger partial charge in [0.05, 0.1) is 30.6 Å². The summed E-state index contributed by atoms with van der Waals surface area (Å²) in [4.78, 5) is 2.95. The maximum atomic E-state index is 13.2. The van der Waals surface area contributed by atoms with Crippen LogP contribution in [0.5, 0.6) is 5.75 Å². The first kappa shape index (κ1) is 22.8. The normalized spacial score (nSPS) is 11.2. The van der Waals surface area contributed by atoms with Crippen molar-refractivity contribution in [1.29, 1.82) is 0 Å². The Morgan fingerprint density at radius 3 is 2.58 bits per heavy atom. The van der Waals surface area contributed by atoms with Crippen LogP contribution in [-0.2, 0) is 6.54 Å². The van der Waals surface area contributed by atoms with Crippen molar-refractivity contribution in [1.82, 2.24) is 4.57 Å². The summed E-state index contributed by atoms with van der Waals surface area (Å²) in [5.74, 6) is 6.54. The van der Waals surface area contributed by atoms with Gasteiger partial charge < -0.3 is 19.5 Å². The van der Waals surface area contributed by atoms with Gasteiger partial charge in [-0.3, -0.25) is 0 Å². The summed E-state index contributed by atoms with van der Waals surface area (Å²) in [6.45, 7) is -0.822. The van der Waals surface area contributed by atoms with Crippen LogP contribution in [0.3, 0.4) is 0 Å². The number of rotatable bonds is 6. The van der Waals surface area contributed by atoms with E-state index in [0.29, 0.717) is 17.0 Å². The summed E-state index contributed by atoms with van der Waals surface area (Å²) < 4.78 is 46.3. The minimum atomic E-state index is -4.35. The second kappa shape index (κ2) is 9.48. The summed E-state index contributed by atoms with van der Waals surface area (Å²) in [6, 6.07) is 12.8. The molecule has 0 aliphatic carbocycles. The van der Waals surface area contributed by atoms with Gasteiger partial charge in [0.15, 0.2) is 0 Å². The van der Waals surface area contributed by atoms with Crippen molar-refractivity contribution in [3.63, 3.8) is 0 Å². The number of hydrogen-bond acceptors (Lipinski definition) is 4. The van der Waals surface area contributed by atoms with E-state index in [1.807, 2.05) is 49.5 Å². The number of methoxy groups -OCH3 is 1. The zero-order valence-electron chi connectivity index (χ0n) is 17.8. The minimum Gasteiger partial charge on any atom is -0.495 e. The maximum absolute atomic E-state index is 13.2. The molecule has 0 aliphatic heterocycles. The molecule has 0 radical (unpaired) electrons. The lowest BCUT2D eigenvalue weighted by Gasteiger charge is -2.15. The maximum Gasteiger partial charge on any atom is 0.406 e. The zero-order valence-corrected chi connectivity index (χ0v) is 18.6. The molecule has 4 nitrogen and oxygen atoms in total. The fourth-order valence-electron chi connectivity index (χ4n) is 3.33. The van der Waals surface area contributed by atoms with Crippen LogP contribution in [0.2, 0.25) is 0 Å². The van der Waals surface area contributed by atoms with Crippen LogP contribution < -0.4 is 15.0 Å². The number of nitrogens with one attached hydrogen (secondary N) is 1. The molecule has 0 fully saturated rings. The Labute approximate surface area is 184 Å². The Bertz CT molecular complexity index is 1130. The van der Waals surface area contributed by atoms with E-state index in [1.54, 1.807) is 37.1 Å². The van der Waals surface area contributed by atoms with Gasteiger partial charge in [-0.2, -0.15) is 13.2 Å². The lowest BCUT2D eigenvalue weighted by atomic mass is 10.2. The predicted octanol–water partition coefficient (Wildman–Crippen LogP) is 5.46. The monoisotopic (exact) mass is 447 g/mol. The van der Waals surface area contributed by atoms with Crippen LogP contribution in [-0.4, -0.2) is 44.7 Å². The molecule has 0 aliphatic rings. The molecule has 3 rings (SSSR count). The minimum absolute atomic E-state index is 0.267. The molecule has 0 amide bonds. The number of hydrogen-bond donors (Lipinski definition) is 1. The SMILES string of the molecule is COc1cc(SC)ccc1NCC#Cc1cc2c(N(C)C)cccc2n1CC(F)(F)F. The lowest BCUT2D eigenvalue weighted by molar-refractivity contribution is -0.140. The molecule has 0 saturated carbocycles. The summed E-state index contributed by atoms with van der Waals surface area (Å²) in [5, 5.41) is 3.91. The smallest absolute Gasteiger partial charge is 0.406 e. The van der Waals surface area contributed by atoms with Crippen molar-refractivity contribution in [2.24, 2.45) is 0 Å². The van der Waals surface area contributed by atoms with E-state index in [1.165, 1.54) is 4.57 Å². The topological polar surface area (TPSA) is 29.4 Å². The molecular formula is C23H24F3N3OS. The third kappa shape index (κ3) is 5.42. The Balaban J connectivity index is 1.90. The second-order valence-electron chi connectivity index (χ2n) is 7.06. The van der Waals surface area contributed by atoms with Gasteiger partial charge in [0.25, 0.3) is 0 Å². The molecule has 1 N–H and O–H groups in total. The number of benzene rings is 2. The van der Waals surface area contributed by atoms with Gasteiger partial charge in [-0.1, -0.05) is 12.0 Å². The van der Waals surface area contributed by atoms with Crippen molar-refractivity contribution in [3.05, 3.63) is 48.2 Å². The Morgan fingerprint density at radius 1 is 1.16 bits per heavy atom. The number of thioether (sulfide) groups is 1. The van der Waals surface area contributed by atoms with Crippen LogP contribution in [0.25, 0.3) is 10.9 Å². The molecule has 0 saturated heterocycles. The zero-order chi connectivity index (χ0) is 22.6. The van der Waals surface area contributed by atoms with Crippen LogP contribution in [0, 0.1) is 11.8 Å². The molecule has 164 valence electrons. The van der Waals surface area contributed by atoms with Crippen molar-refractivity contribution >= 4 is 34.0 Å². The van der Waals surface area contributed by atoms with Crippen molar-refractivity contribution < 1.29 is 17.9 Å². The molecule has 1 aromatic heterocycles. The Kier molecular flexibility index (Phi) is 6.96. The van der Waals surface area contributed by atoms with Crippen LogP contribution >= 0.6 is 11.8 Å². The molecule has 8 heteroatoms. The number of aromatic nitrogens is 1. The molecule has 0 spiro atoms. The van der Waals surface area contributed by atoms with Gasteiger partial charge >= 0.3 is 6.18 Å². The van der Waals surface area contributed by atoms with Gasteiger partial charge in [0.2, 0.25) is 0 Å². The molecule has 3 aromatic rings. The number of alkyl halides is 3. The molecule has 0 unspecified atom stereocenters. The van der Waals surface area contributed by atoms with E-state index in [0.717, 1.165) is 21.7 Å². The standard InChI is InChI=1S/C23H24F3N3OS/c1-28(2)20-8-5-9-21-18(20)13-16(29(21)15-23(24,25)26)7-6-12-27-19-11-10-17(31-4)14-22(19)30-3/h5,8-11,13-14,27H,12,15H2,1-4H3. The first-order valence-electron chi connectivity index (χ1n) is 9.54. The summed E-state index contributed by atoms with van der Waals surface area (Å²) in [6.07, 6.45) is -2.36. The summed E-state index contributed by atoms with van der Waals surface area (Å²) in [7, 11) is 5.32. The number of fused-ring (bicyclic) bond motifs is 1. The largest absolute Gasteiger partial charge is 0.495 e. The van der Waals surface area contributed by atoms with Crippen molar-refractivity contribution in [2.75, 3.05) is 44.2 Å². The highest BCUT2D eigenvalue weighted by Crippen LogP contribution is 2.31. The Morgan fingerprint density at radius 2 is 1.94 bits per heavy atom. The van der Waals surface area contributed by atoms with E-state index in [2.05, 4.69) is 17.2 Å². The lowest BCUT2D eigenvalue weighted by Crippen LogP contribution is -2.18. The van der Waals surface area contributed by atoms with E-state index in [-0.39, 0.29) is 6.54 Å². The van der Waals surface area contributed by atoms with Gasteiger partial charge in [-0.15, -0.1) is 11.8 Å². The first-order valence-corrected chi connectivity index (χ1v) is 10.8. The van der Waals surface area contributed by atoms with Gasteiger partial charge in [0.1, 0.15) is 12.3 Å². The second-order valence-corrected chi connectivity index (χ2v) is 7.94. The van der Waals surface area contributed by atoms with E-state index >= 15 is 0 Å². The predicted molar refractivity (Wildman–Crippen MR) is 122 cm³/mol. The Hall–Kier alpha value is -2.92. The molecule has 31 heavy (non-hydrogen) atoms. The average molecular weight is 448 g/mol. The van der Waals surface area contributed by atoms with E-state index in [4.69, 9.17) is 4.74 Å². The van der Waals surface area contributed by atoms with Gasteiger partial charge in [-0.05, 0) is 48.6 Å². The highest BCUT2D eigenvalue weighted by Gasteiger charge is 2.30. The fourth-order valence-corrected chi connectivity index (χ4v) is 3.76. The van der Waals surface area contributed by atoms with E-state index in [9.17, 15) is 13.2 Å². The third-order valence-electron chi connectivity index (χ3n) is 4.73. The number of ether oxygens (including phenoxy) is 1. The molecule has 0 atom stereocenters. The average Bonchev–Trinajstić information content (AvgIpc) is 3.06. The summed E-state index contributed by atoms with van der Waals surface area (Å²) >= 11 is 1.61. The van der Waals surface area contributed by atoms with Crippen LogP contribution in [0.1, 0.15) is 5.69 Å². The molecule has 2 aromatic carbocycles. The van der Waals surface area contributed by atoms with Gasteiger partial charge in [0, 0.05) is 30.1 Å². The van der Waals surface area contributed by atoms with E-state index < -0.39 is 12.7 Å². The number of anilines is 2. The van der Waals surface area contributed by atoms with Crippen molar-refractivity contribution in [3.8, 4) is 17.6 Å². The van der Waals surface area contributed by atoms with Crippen LogP contribution in [0.15, 0.2) is 47.4 Å². The third-order valence-corrected chi connectivity index (χ3v) is 5.46. The highest BCUT2D eigenvalue weighted by molar-refractivity contribution is 7.98. The number of nitrogens with zero attached hydrogens (tertiary/aromatic N) is 2. The molecular weight excluding hydrogens is 423 g/mol. The fraction of sp³-hybridized carbons (Fsp3) is 0.304. The quantitative estimate of drug-likeness (QED) is 0.401. The first-order chi connectivity index (χ1) is 14.7. The highest BCUT2D eigenvalue weighted by atomic mass is 32.2. The van der Waals surface area contributed by atoms with Crippen molar-refractivity contribution in [2.45, 2.75) is 17.6 Å². The number of halogens is 3. The molecule has 0 bridgehead atoms.